The van der Waals surface area contributed by atoms with Gasteiger partial charge in [0.05, 0.1) is 12.0 Å². The standard InChI is InChI=1S/C17H33F3N6O/c1-26(2)16-24-14(21-10-13-7-4-8-27-13)23-15(25-16)22-12-6-3-5-11(9-12)17(18,19)20/h11-16,21-25H,3-10H2,1-2H3. The minimum atomic E-state index is -4.10. The van der Waals surface area contributed by atoms with Crippen LogP contribution in [0.15, 0.2) is 0 Å². The van der Waals surface area contributed by atoms with Crippen molar-refractivity contribution in [2.24, 2.45) is 5.92 Å². The van der Waals surface area contributed by atoms with Crippen LogP contribution in [0.2, 0.25) is 0 Å². The number of rotatable bonds is 6. The van der Waals surface area contributed by atoms with Crippen LogP contribution in [0.3, 0.4) is 0 Å². The fraction of sp³-hybridized carbons (Fsp3) is 1.00. The Kier molecular flexibility index (Phi) is 7.34. The van der Waals surface area contributed by atoms with Crippen LogP contribution in [-0.2, 0) is 4.74 Å². The van der Waals surface area contributed by atoms with Gasteiger partial charge in [0.2, 0.25) is 0 Å². The van der Waals surface area contributed by atoms with E-state index in [9.17, 15) is 13.2 Å². The van der Waals surface area contributed by atoms with E-state index < -0.39 is 12.1 Å². The molecule has 6 atom stereocenters. The summed E-state index contributed by atoms with van der Waals surface area (Å²) in [6, 6.07) is -0.157. The Bertz CT molecular complexity index is 460. The third-order valence-electron chi connectivity index (χ3n) is 5.61. The summed E-state index contributed by atoms with van der Waals surface area (Å²) in [6.45, 7) is 1.54. The molecule has 5 N–H and O–H groups in total. The van der Waals surface area contributed by atoms with Crippen molar-refractivity contribution < 1.29 is 17.9 Å². The third-order valence-corrected chi connectivity index (χ3v) is 5.61. The molecule has 7 nitrogen and oxygen atoms in total. The van der Waals surface area contributed by atoms with Gasteiger partial charge < -0.3 is 4.74 Å². The highest BCUT2D eigenvalue weighted by Gasteiger charge is 2.42. The van der Waals surface area contributed by atoms with Crippen LogP contribution in [0.4, 0.5) is 13.2 Å². The highest BCUT2D eigenvalue weighted by molar-refractivity contribution is 4.87. The summed E-state index contributed by atoms with van der Waals surface area (Å²) in [5, 5.41) is 16.9. The van der Waals surface area contributed by atoms with E-state index in [2.05, 4.69) is 26.6 Å². The summed E-state index contributed by atoms with van der Waals surface area (Å²) in [5.41, 5.74) is 0. The average Bonchev–Trinajstić information content (AvgIpc) is 3.13. The van der Waals surface area contributed by atoms with E-state index in [1.54, 1.807) is 0 Å². The molecule has 158 valence electrons. The quantitative estimate of drug-likeness (QED) is 0.453. The van der Waals surface area contributed by atoms with Gasteiger partial charge in [-0.3, -0.25) is 31.5 Å². The normalized spacial score (nSPS) is 38.4. The van der Waals surface area contributed by atoms with Gasteiger partial charge in [-0.05, 0) is 46.2 Å². The van der Waals surface area contributed by atoms with Crippen molar-refractivity contribution in [2.75, 3.05) is 27.2 Å². The summed E-state index contributed by atoms with van der Waals surface area (Å²) in [5.74, 6) is -1.21. The van der Waals surface area contributed by atoms with Crippen molar-refractivity contribution >= 4 is 0 Å². The Morgan fingerprint density at radius 1 is 1.04 bits per heavy atom. The van der Waals surface area contributed by atoms with E-state index in [4.69, 9.17) is 4.74 Å². The Morgan fingerprint density at radius 3 is 2.48 bits per heavy atom. The van der Waals surface area contributed by atoms with Crippen molar-refractivity contribution in [3.8, 4) is 0 Å². The van der Waals surface area contributed by atoms with E-state index in [-0.39, 0.29) is 43.9 Å². The first-order valence-corrected chi connectivity index (χ1v) is 9.93. The Labute approximate surface area is 159 Å². The molecule has 3 aliphatic rings. The third kappa shape index (κ3) is 6.25. The lowest BCUT2D eigenvalue weighted by molar-refractivity contribution is -0.184. The molecule has 0 radical (unpaired) electrons. The molecule has 2 aliphatic heterocycles. The maximum Gasteiger partial charge on any atom is 0.391 e. The molecule has 0 aromatic heterocycles. The van der Waals surface area contributed by atoms with Gasteiger partial charge in [0.15, 0.2) is 0 Å². The van der Waals surface area contributed by atoms with Crippen LogP contribution < -0.4 is 26.6 Å². The number of nitrogens with zero attached hydrogens (tertiary/aromatic N) is 1. The first kappa shape index (κ1) is 21.2. The molecule has 0 aromatic carbocycles. The molecule has 2 heterocycles. The molecular formula is C17H33F3N6O. The number of alkyl halides is 3. The number of hydrogen-bond donors (Lipinski definition) is 5. The van der Waals surface area contributed by atoms with Gasteiger partial charge >= 0.3 is 6.18 Å². The monoisotopic (exact) mass is 394 g/mol. The molecule has 10 heteroatoms. The van der Waals surface area contributed by atoms with Gasteiger partial charge in [0.1, 0.15) is 18.9 Å². The first-order valence-electron chi connectivity index (χ1n) is 9.93. The molecule has 0 spiro atoms. The second-order valence-corrected chi connectivity index (χ2v) is 8.04. The molecule has 0 amide bonds. The number of nitrogens with one attached hydrogen (secondary N) is 5. The molecule has 1 saturated carbocycles. The van der Waals surface area contributed by atoms with E-state index >= 15 is 0 Å². The van der Waals surface area contributed by atoms with Crippen molar-refractivity contribution in [1.29, 1.82) is 0 Å². The van der Waals surface area contributed by atoms with Gasteiger partial charge in [-0.2, -0.15) is 13.2 Å². The van der Waals surface area contributed by atoms with Crippen LogP contribution in [-0.4, -0.2) is 69.3 Å². The van der Waals surface area contributed by atoms with E-state index in [0.29, 0.717) is 6.42 Å². The van der Waals surface area contributed by atoms with Crippen LogP contribution in [0.5, 0.6) is 0 Å². The summed E-state index contributed by atoms with van der Waals surface area (Å²) in [7, 11) is 3.90. The number of halogens is 3. The number of ether oxygens (including phenoxy) is 1. The largest absolute Gasteiger partial charge is 0.391 e. The molecule has 27 heavy (non-hydrogen) atoms. The molecule has 0 aromatic rings. The van der Waals surface area contributed by atoms with Crippen LogP contribution in [0, 0.1) is 5.92 Å². The average molecular weight is 394 g/mol. The molecular weight excluding hydrogens is 361 g/mol. The zero-order chi connectivity index (χ0) is 19.4. The smallest absolute Gasteiger partial charge is 0.377 e. The lowest BCUT2D eigenvalue weighted by Gasteiger charge is -2.44. The van der Waals surface area contributed by atoms with Gasteiger partial charge in [-0.1, -0.05) is 6.42 Å². The lowest BCUT2D eigenvalue weighted by Crippen LogP contribution is -2.77. The summed E-state index contributed by atoms with van der Waals surface area (Å²) in [6.07, 6.45) is -0.550. The zero-order valence-electron chi connectivity index (χ0n) is 16.1. The van der Waals surface area contributed by atoms with Crippen molar-refractivity contribution in [1.82, 2.24) is 31.5 Å². The predicted molar refractivity (Wildman–Crippen MR) is 96.4 cm³/mol. The van der Waals surface area contributed by atoms with E-state index in [0.717, 1.165) is 32.4 Å². The molecule has 6 unspecified atom stereocenters. The number of hydrogen-bond acceptors (Lipinski definition) is 7. The van der Waals surface area contributed by atoms with Crippen molar-refractivity contribution in [3.63, 3.8) is 0 Å². The van der Waals surface area contributed by atoms with Crippen LogP contribution >= 0.6 is 0 Å². The maximum atomic E-state index is 13.1. The second kappa shape index (κ2) is 9.34. The van der Waals surface area contributed by atoms with Gasteiger partial charge in [0.25, 0.3) is 0 Å². The highest BCUT2D eigenvalue weighted by Crippen LogP contribution is 2.37. The predicted octanol–water partition coefficient (Wildman–Crippen LogP) is 0.661. The Hall–Kier alpha value is -0.490. The fourth-order valence-electron chi connectivity index (χ4n) is 4.07. The summed E-state index contributed by atoms with van der Waals surface area (Å²) in [4.78, 5) is 2.00. The minimum Gasteiger partial charge on any atom is -0.377 e. The van der Waals surface area contributed by atoms with Crippen molar-refractivity contribution in [3.05, 3.63) is 0 Å². The Balaban J connectivity index is 1.52. The maximum absolute atomic E-state index is 13.1. The molecule has 0 bridgehead atoms. The van der Waals surface area contributed by atoms with Gasteiger partial charge in [-0.15, -0.1) is 0 Å². The molecule has 3 fully saturated rings. The molecule has 3 rings (SSSR count). The minimum absolute atomic E-state index is 0.104. The van der Waals surface area contributed by atoms with Crippen LogP contribution in [0.25, 0.3) is 0 Å². The summed E-state index contributed by atoms with van der Waals surface area (Å²) >= 11 is 0. The molecule has 2 saturated heterocycles. The van der Waals surface area contributed by atoms with Gasteiger partial charge in [-0.25, -0.2) is 0 Å². The van der Waals surface area contributed by atoms with Crippen LogP contribution in [0.1, 0.15) is 38.5 Å². The lowest BCUT2D eigenvalue weighted by atomic mass is 9.85. The van der Waals surface area contributed by atoms with E-state index in [1.165, 1.54) is 0 Å². The zero-order valence-corrected chi connectivity index (χ0v) is 16.1. The topological polar surface area (TPSA) is 72.6 Å². The van der Waals surface area contributed by atoms with Gasteiger partial charge in [0, 0.05) is 19.2 Å². The second-order valence-electron chi connectivity index (χ2n) is 8.04. The van der Waals surface area contributed by atoms with E-state index in [1.807, 2.05) is 19.0 Å². The first-order chi connectivity index (χ1) is 12.8. The SMILES string of the molecule is CN(C)C1NC(NCC2CCCO2)NC(NC2CCCC(C(F)(F)F)C2)N1. The summed E-state index contributed by atoms with van der Waals surface area (Å²) < 4.78 is 44.9. The highest BCUT2D eigenvalue weighted by atomic mass is 19.4. The van der Waals surface area contributed by atoms with Crippen molar-refractivity contribution in [2.45, 2.75) is 75.7 Å². The Morgan fingerprint density at radius 2 is 1.81 bits per heavy atom. The molecule has 1 aliphatic carbocycles. The fourth-order valence-corrected chi connectivity index (χ4v) is 4.07.